The van der Waals surface area contributed by atoms with Crippen molar-refractivity contribution in [1.82, 2.24) is 6.15 Å². The Kier molecular flexibility index (Phi) is 29.2. The normalized spacial score (nSPS) is 14.1. The predicted octanol–water partition coefficient (Wildman–Crippen LogP) is 1.14. The molecule has 0 aromatic carbocycles. The largest absolute Gasteiger partial charge is 1.00 e. The quantitative estimate of drug-likeness (QED) is 0.203. The second-order valence-electron chi connectivity index (χ2n) is 9.94. The summed E-state index contributed by atoms with van der Waals surface area (Å²) in [5.74, 6) is 0.714. The molecule has 0 aliphatic carbocycles. The van der Waals surface area contributed by atoms with Crippen LogP contribution in [0.25, 0.3) is 0 Å². The van der Waals surface area contributed by atoms with Crippen LogP contribution < -0.4 is 45.8 Å². The molecule has 0 saturated heterocycles. The summed E-state index contributed by atoms with van der Waals surface area (Å²) >= 11 is 0. The summed E-state index contributed by atoms with van der Waals surface area (Å²) in [6, 6.07) is 0. The molecular weight excluding hydrogens is 504 g/mol. The minimum absolute atomic E-state index is 0. The van der Waals surface area contributed by atoms with Crippen LogP contribution in [-0.4, -0.2) is 18.3 Å². The molecule has 0 aromatic rings. The van der Waals surface area contributed by atoms with Crippen LogP contribution in [0.4, 0.5) is 0 Å². The standard InChI is InChI=1S/C25H53NO.2BrH.H3N/c1-6-7-8-9-10-11-12-13-14-15-19-25(5,20-17-22-27)24(3,4)23(2)18-16-21-26;;;/h23,27H,6-22,26H2,1-5H3;2*1H;1H3. The molecule has 0 bridgehead atoms. The van der Waals surface area contributed by atoms with Crippen molar-refractivity contribution in [2.45, 2.75) is 131 Å². The smallest absolute Gasteiger partial charge is 0.0739 e. The van der Waals surface area contributed by atoms with E-state index >= 15 is 0 Å². The Bertz CT molecular complexity index is 343. The Hall–Kier alpha value is 0.840. The highest BCUT2D eigenvalue weighted by atomic mass is 79.9. The third kappa shape index (κ3) is 15.6. The van der Waals surface area contributed by atoms with Crippen molar-refractivity contribution in [3.8, 4) is 0 Å². The van der Waals surface area contributed by atoms with Gasteiger partial charge in [0.25, 0.3) is 0 Å². The Labute approximate surface area is 211 Å². The summed E-state index contributed by atoms with van der Waals surface area (Å²) in [6.45, 7) is 13.6. The van der Waals surface area contributed by atoms with Crippen LogP contribution in [0.3, 0.4) is 0 Å². The lowest BCUT2D eigenvalue weighted by molar-refractivity contribution is -0.369. The van der Waals surface area contributed by atoms with E-state index in [1.807, 2.05) is 0 Å². The Morgan fingerprint density at radius 3 is 1.60 bits per heavy atom. The van der Waals surface area contributed by atoms with Gasteiger partial charge in [0.15, 0.2) is 0 Å². The second-order valence-corrected chi connectivity index (χ2v) is 9.94. The number of hydrogen-bond acceptors (Lipinski definition) is 1. The fourth-order valence-electron chi connectivity index (χ4n) is 4.65. The van der Waals surface area contributed by atoms with Gasteiger partial charge in [0.05, 0.1) is 6.54 Å². The van der Waals surface area contributed by atoms with Crippen molar-refractivity contribution in [2.24, 2.45) is 16.7 Å². The molecule has 0 heterocycles. The lowest BCUT2D eigenvalue weighted by atomic mass is 9.56. The number of hydrogen-bond donors (Lipinski definition) is 3. The molecule has 188 valence electrons. The van der Waals surface area contributed by atoms with Gasteiger partial charge in [-0.3, -0.25) is 0 Å². The van der Waals surface area contributed by atoms with Crippen molar-refractivity contribution in [3.63, 3.8) is 0 Å². The maximum Gasteiger partial charge on any atom is 0.0739 e. The first-order chi connectivity index (χ1) is 12.9. The highest BCUT2D eigenvalue weighted by Gasteiger charge is 2.43. The van der Waals surface area contributed by atoms with Gasteiger partial charge in [-0.25, -0.2) is 0 Å². The Morgan fingerprint density at radius 1 is 0.733 bits per heavy atom. The van der Waals surface area contributed by atoms with Gasteiger partial charge in [0.1, 0.15) is 0 Å². The van der Waals surface area contributed by atoms with Crippen LogP contribution in [0, 0.1) is 16.7 Å². The molecular formula is C25H58Br2N2O. The van der Waals surface area contributed by atoms with Crippen LogP contribution in [0.2, 0.25) is 0 Å². The molecule has 0 radical (unpaired) electrons. The van der Waals surface area contributed by atoms with E-state index in [0.29, 0.717) is 23.4 Å². The zero-order chi connectivity index (χ0) is 20.6. The molecule has 0 aromatic heterocycles. The lowest BCUT2D eigenvalue weighted by Gasteiger charge is -2.49. The van der Waals surface area contributed by atoms with Gasteiger partial charge in [-0.1, -0.05) is 98.8 Å². The summed E-state index contributed by atoms with van der Waals surface area (Å²) in [5.41, 5.74) is 4.67. The minimum Gasteiger partial charge on any atom is -1.00 e. The molecule has 0 spiro atoms. The summed E-state index contributed by atoms with van der Waals surface area (Å²) in [5, 5.41) is 9.41. The summed E-state index contributed by atoms with van der Waals surface area (Å²) < 4.78 is 0. The fraction of sp³-hybridized carbons (Fsp3) is 1.00. The topological polar surface area (TPSA) is 84.4 Å². The van der Waals surface area contributed by atoms with Gasteiger partial charge >= 0.3 is 0 Å². The third-order valence-corrected chi connectivity index (χ3v) is 7.64. The molecule has 0 aliphatic rings. The van der Waals surface area contributed by atoms with Gasteiger partial charge in [0.2, 0.25) is 0 Å². The lowest BCUT2D eigenvalue weighted by Crippen LogP contribution is -3.00. The van der Waals surface area contributed by atoms with E-state index in [2.05, 4.69) is 40.4 Å². The molecule has 0 rings (SSSR count). The van der Waals surface area contributed by atoms with Crippen molar-refractivity contribution in [1.29, 1.82) is 0 Å². The SMILES string of the molecule is CCCCCCCCCCCCC(C)(CCCO)C(C)(C)C(C)CCC[NH3+].[Br-].[Br-].[NH4+]. The van der Waals surface area contributed by atoms with E-state index in [1.165, 1.54) is 83.5 Å². The first kappa shape index (κ1) is 38.1. The molecule has 5 heteroatoms. The first-order valence-electron chi connectivity index (χ1n) is 12.3. The van der Waals surface area contributed by atoms with Gasteiger partial charge in [0, 0.05) is 6.61 Å². The molecule has 0 saturated carbocycles. The fourth-order valence-corrected chi connectivity index (χ4v) is 4.65. The minimum atomic E-state index is 0. The molecule has 8 N–H and O–H groups in total. The second kappa shape index (κ2) is 23.0. The number of quaternary nitrogens is 2. The van der Waals surface area contributed by atoms with Crippen LogP contribution >= 0.6 is 0 Å². The van der Waals surface area contributed by atoms with Crippen LogP contribution in [0.1, 0.15) is 131 Å². The van der Waals surface area contributed by atoms with E-state index in [9.17, 15) is 5.11 Å². The first-order valence-corrected chi connectivity index (χ1v) is 12.3. The summed E-state index contributed by atoms with van der Waals surface area (Å²) in [4.78, 5) is 0. The predicted molar refractivity (Wildman–Crippen MR) is 127 cm³/mol. The molecule has 0 amide bonds. The van der Waals surface area contributed by atoms with Gasteiger partial charge in [-0.2, -0.15) is 0 Å². The number of aliphatic hydroxyl groups is 1. The van der Waals surface area contributed by atoms with Crippen molar-refractivity contribution in [2.75, 3.05) is 13.2 Å². The zero-order valence-corrected chi connectivity index (χ0v) is 24.7. The van der Waals surface area contributed by atoms with E-state index in [4.69, 9.17) is 0 Å². The third-order valence-electron chi connectivity index (χ3n) is 7.64. The van der Waals surface area contributed by atoms with Gasteiger partial charge < -0.3 is 51.0 Å². The molecule has 2 atom stereocenters. The number of halogens is 2. The summed E-state index contributed by atoms with van der Waals surface area (Å²) in [7, 11) is 0. The van der Waals surface area contributed by atoms with Crippen LogP contribution in [-0.2, 0) is 0 Å². The highest BCUT2D eigenvalue weighted by Crippen LogP contribution is 2.52. The van der Waals surface area contributed by atoms with E-state index < -0.39 is 0 Å². The van der Waals surface area contributed by atoms with Gasteiger partial charge in [-0.15, -0.1) is 0 Å². The zero-order valence-electron chi connectivity index (χ0n) is 21.5. The van der Waals surface area contributed by atoms with E-state index in [0.717, 1.165) is 19.4 Å². The maximum absolute atomic E-state index is 9.41. The molecule has 0 aliphatic heterocycles. The molecule has 0 fully saturated rings. The number of rotatable bonds is 19. The maximum atomic E-state index is 9.41. The molecule has 3 nitrogen and oxygen atoms in total. The molecule has 30 heavy (non-hydrogen) atoms. The number of aliphatic hydroxyl groups excluding tert-OH is 1. The van der Waals surface area contributed by atoms with E-state index in [-0.39, 0.29) is 40.1 Å². The molecule has 2 unspecified atom stereocenters. The highest BCUT2D eigenvalue weighted by molar-refractivity contribution is 4.92. The Balaban J connectivity index is -0.00000113. The summed E-state index contributed by atoms with van der Waals surface area (Å²) in [6.07, 6.45) is 20.0. The average Bonchev–Trinajstić information content (AvgIpc) is 2.65. The Morgan fingerprint density at radius 2 is 1.17 bits per heavy atom. The van der Waals surface area contributed by atoms with Crippen molar-refractivity contribution in [3.05, 3.63) is 0 Å². The average molecular weight is 563 g/mol. The van der Waals surface area contributed by atoms with Crippen LogP contribution in [0.5, 0.6) is 0 Å². The monoisotopic (exact) mass is 560 g/mol. The van der Waals surface area contributed by atoms with Crippen LogP contribution in [0.15, 0.2) is 0 Å². The van der Waals surface area contributed by atoms with Gasteiger partial charge in [-0.05, 0) is 48.9 Å². The van der Waals surface area contributed by atoms with Crippen molar-refractivity contribution < 1.29 is 44.8 Å². The van der Waals surface area contributed by atoms with Crippen molar-refractivity contribution >= 4 is 0 Å². The number of unbranched alkanes of at least 4 members (excludes halogenated alkanes) is 9. The van der Waals surface area contributed by atoms with E-state index in [1.54, 1.807) is 0 Å².